The first-order valence-corrected chi connectivity index (χ1v) is 8.77. The average Bonchev–Trinajstić information content (AvgIpc) is 3.10. The highest BCUT2D eigenvalue weighted by Gasteiger charge is 2.10. The van der Waals surface area contributed by atoms with Crippen LogP contribution in [-0.4, -0.2) is 25.5 Å². The third kappa shape index (κ3) is 5.10. The summed E-state index contributed by atoms with van der Waals surface area (Å²) < 4.78 is 10.6. The van der Waals surface area contributed by atoms with Gasteiger partial charge in [-0.2, -0.15) is 0 Å². The van der Waals surface area contributed by atoms with E-state index < -0.39 is 0 Å². The Hall–Kier alpha value is -3.28. The monoisotopic (exact) mass is 366 g/mol. The van der Waals surface area contributed by atoms with Gasteiger partial charge in [0.25, 0.3) is 0 Å². The molecule has 0 aliphatic heterocycles. The highest BCUT2D eigenvalue weighted by molar-refractivity contribution is 5.96. The molecule has 2 amide bonds. The van der Waals surface area contributed by atoms with Gasteiger partial charge < -0.3 is 19.8 Å². The lowest BCUT2D eigenvalue weighted by atomic mass is 10.1. The molecule has 0 fully saturated rings. The minimum absolute atomic E-state index is 0.198. The Morgan fingerprint density at radius 1 is 1.04 bits per heavy atom. The van der Waals surface area contributed by atoms with Crippen LogP contribution in [0.5, 0.6) is 5.75 Å². The van der Waals surface area contributed by atoms with Gasteiger partial charge in [0.2, 0.25) is 11.8 Å². The molecule has 0 saturated heterocycles. The molecular formula is C21H22N2O4. The van der Waals surface area contributed by atoms with Gasteiger partial charge in [0.1, 0.15) is 17.8 Å². The molecule has 1 heterocycles. The molecule has 6 heteroatoms. The van der Waals surface area contributed by atoms with E-state index in [-0.39, 0.29) is 18.2 Å². The maximum atomic E-state index is 11.9. The third-order valence-corrected chi connectivity index (χ3v) is 4.22. The molecular weight excluding hydrogens is 344 g/mol. The van der Waals surface area contributed by atoms with E-state index in [1.54, 1.807) is 13.4 Å². The molecule has 6 nitrogen and oxygen atoms in total. The molecule has 0 spiro atoms. The van der Waals surface area contributed by atoms with Gasteiger partial charge in [0, 0.05) is 18.5 Å². The molecule has 0 aliphatic rings. The first kappa shape index (κ1) is 18.5. The van der Waals surface area contributed by atoms with Gasteiger partial charge in [-0.25, -0.2) is 0 Å². The number of fused-ring (bicyclic) bond motifs is 1. The molecule has 140 valence electrons. The molecule has 0 bridgehead atoms. The van der Waals surface area contributed by atoms with E-state index in [9.17, 15) is 9.59 Å². The number of furan rings is 1. The van der Waals surface area contributed by atoms with Gasteiger partial charge in [-0.05, 0) is 35.7 Å². The predicted molar refractivity (Wildman–Crippen MR) is 102 cm³/mol. The van der Waals surface area contributed by atoms with Gasteiger partial charge in [-0.1, -0.05) is 30.3 Å². The summed E-state index contributed by atoms with van der Waals surface area (Å²) in [4.78, 5) is 23.9. The number of ether oxygens (including phenoxy) is 1. The van der Waals surface area contributed by atoms with Crippen LogP contribution < -0.4 is 15.4 Å². The topological polar surface area (TPSA) is 80.6 Å². The van der Waals surface area contributed by atoms with E-state index in [4.69, 9.17) is 9.15 Å². The van der Waals surface area contributed by atoms with Crippen LogP contribution in [0.15, 0.2) is 59.2 Å². The largest absolute Gasteiger partial charge is 0.497 e. The molecule has 3 rings (SSSR count). The summed E-state index contributed by atoms with van der Waals surface area (Å²) in [5.74, 6) is 0.112. The van der Waals surface area contributed by atoms with Crippen molar-refractivity contribution in [1.29, 1.82) is 0 Å². The highest BCUT2D eigenvalue weighted by Crippen LogP contribution is 2.20. The van der Waals surface area contributed by atoms with Crippen LogP contribution in [0.1, 0.15) is 17.5 Å². The molecule has 0 aliphatic carbocycles. The molecule has 27 heavy (non-hydrogen) atoms. The first-order chi connectivity index (χ1) is 13.2. The number of rotatable bonds is 8. The zero-order chi connectivity index (χ0) is 19.1. The summed E-state index contributed by atoms with van der Waals surface area (Å²) in [6, 6.07) is 15.2. The lowest BCUT2D eigenvalue weighted by Crippen LogP contribution is -2.32. The van der Waals surface area contributed by atoms with E-state index in [1.165, 1.54) is 0 Å². The van der Waals surface area contributed by atoms with Gasteiger partial charge in [0.05, 0.1) is 13.4 Å². The molecule has 3 aromatic rings. The maximum Gasteiger partial charge on any atom is 0.229 e. The summed E-state index contributed by atoms with van der Waals surface area (Å²) in [5.41, 5.74) is 2.78. The van der Waals surface area contributed by atoms with Crippen molar-refractivity contribution in [1.82, 2.24) is 10.6 Å². The summed E-state index contributed by atoms with van der Waals surface area (Å²) in [5, 5.41) is 6.55. The Balaban J connectivity index is 1.40. The summed E-state index contributed by atoms with van der Waals surface area (Å²) in [6.07, 6.45) is 2.15. The Morgan fingerprint density at radius 3 is 2.70 bits per heavy atom. The van der Waals surface area contributed by atoms with Crippen LogP contribution in [-0.2, 0) is 22.6 Å². The molecule has 0 radical (unpaired) electrons. The van der Waals surface area contributed by atoms with E-state index in [2.05, 4.69) is 10.6 Å². The molecule has 0 atom stereocenters. The maximum absolute atomic E-state index is 11.9. The summed E-state index contributed by atoms with van der Waals surface area (Å²) in [6.45, 7) is 0.801. The van der Waals surface area contributed by atoms with Crippen molar-refractivity contribution >= 4 is 22.8 Å². The van der Waals surface area contributed by atoms with Gasteiger partial charge in [0.15, 0.2) is 0 Å². The lowest BCUT2D eigenvalue weighted by molar-refractivity contribution is -0.129. The minimum Gasteiger partial charge on any atom is -0.497 e. The molecule has 0 saturated carbocycles. The Labute approximate surface area is 157 Å². The standard InChI is InChI=1S/C21H22N2O4/c1-26-17-6-4-5-15(11-17)13-23-21(25)12-20(24)22-10-9-16-14-27-19-8-3-2-7-18(16)19/h2-8,11,14H,9-10,12-13H2,1H3,(H,22,24)(H,23,25). The quantitative estimate of drug-likeness (QED) is 0.601. The van der Waals surface area contributed by atoms with Gasteiger partial charge in [-0.15, -0.1) is 0 Å². The SMILES string of the molecule is COc1cccc(CNC(=O)CC(=O)NCCc2coc3ccccc23)c1. The van der Waals surface area contributed by atoms with E-state index in [1.807, 2.05) is 48.5 Å². The Morgan fingerprint density at radius 2 is 1.85 bits per heavy atom. The zero-order valence-electron chi connectivity index (χ0n) is 15.2. The number of carbonyl (C=O) groups is 2. The predicted octanol–water partition coefficient (Wildman–Crippen LogP) is 2.81. The van der Waals surface area contributed by atoms with Crippen LogP contribution in [0.2, 0.25) is 0 Å². The number of carbonyl (C=O) groups excluding carboxylic acids is 2. The van der Waals surface area contributed by atoms with Crippen LogP contribution in [0.3, 0.4) is 0 Å². The average molecular weight is 366 g/mol. The number of methoxy groups -OCH3 is 1. The number of para-hydroxylation sites is 1. The second-order valence-corrected chi connectivity index (χ2v) is 6.16. The van der Waals surface area contributed by atoms with Crippen molar-refractivity contribution in [2.75, 3.05) is 13.7 Å². The second-order valence-electron chi connectivity index (χ2n) is 6.16. The number of nitrogens with one attached hydrogen (secondary N) is 2. The van der Waals surface area contributed by atoms with E-state index in [0.29, 0.717) is 19.5 Å². The van der Waals surface area contributed by atoms with Crippen molar-refractivity contribution in [3.63, 3.8) is 0 Å². The van der Waals surface area contributed by atoms with Gasteiger partial charge in [-0.3, -0.25) is 9.59 Å². The smallest absolute Gasteiger partial charge is 0.229 e. The third-order valence-electron chi connectivity index (χ3n) is 4.22. The molecule has 0 unspecified atom stereocenters. The number of benzene rings is 2. The normalized spacial score (nSPS) is 10.6. The van der Waals surface area contributed by atoms with Crippen LogP contribution in [0.4, 0.5) is 0 Å². The fourth-order valence-electron chi connectivity index (χ4n) is 2.82. The van der Waals surface area contributed by atoms with Crippen LogP contribution in [0, 0.1) is 0 Å². The van der Waals surface area contributed by atoms with Crippen molar-refractivity contribution in [3.05, 3.63) is 65.9 Å². The highest BCUT2D eigenvalue weighted by atomic mass is 16.5. The number of hydrogen-bond acceptors (Lipinski definition) is 4. The first-order valence-electron chi connectivity index (χ1n) is 8.77. The van der Waals surface area contributed by atoms with Crippen molar-refractivity contribution in [2.24, 2.45) is 0 Å². The number of hydrogen-bond donors (Lipinski definition) is 2. The molecule has 2 aromatic carbocycles. The van der Waals surface area contributed by atoms with Gasteiger partial charge >= 0.3 is 0 Å². The minimum atomic E-state index is -0.316. The van der Waals surface area contributed by atoms with E-state index in [0.717, 1.165) is 27.8 Å². The second kappa shape index (κ2) is 8.89. The number of amides is 2. The Kier molecular flexibility index (Phi) is 6.10. The zero-order valence-corrected chi connectivity index (χ0v) is 15.2. The van der Waals surface area contributed by atoms with E-state index >= 15 is 0 Å². The Bertz CT molecular complexity index is 933. The van der Waals surface area contributed by atoms with Crippen molar-refractivity contribution < 1.29 is 18.7 Å². The van der Waals surface area contributed by atoms with Crippen LogP contribution in [0.25, 0.3) is 11.0 Å². The summed E-state index contributed by atoms with van der Waals surface area (Å²) in [7, 11) is 1.59. The molecule has 2 N–H and O–H groups in total. The fraction of sp³-hybridized carbons (Fsp3) is 0.238. The van der Waals surface area contributed by atoms with Crippen molar-refractivity contribution in [2.45, 2.75) is 19.4 Å². The van der Waals surface area contributed by atoms with Crippen LogP contribution >= 0.6 is 0 Å². The lowest BCUT2D eigenvalue weighted by Gasteiger charge is -2.07. The summed E-state index contributed by atoms with van der Waals surface area (Å²) >= 11 is 0. The fourth-order valence-corrected chi connectivity index (χ4v) is 2.82. The van der Waals surface area contributed by atoms with Crippen molar-refractivity contribution in [3.8, 4) is 5.75 Å². The molecule has 1 aromatic heterocycles.